The zero-order chi connectivity index (χ0) is 13.5. The van der Waals surface area contributed by atoms with Crippen LogP contribution in [0.15, 0.2) is 6.33 Å². The number of aromatic nitrogens is 2. The van der Waals surface area contributed by atoms with Gasteiger partial charge in [-0.1, -0.05) is 0 Å². The molecule has 2 N–H and O–H groups in total. The van der Waals surface area contributed by atoms with Gasteiger partial charge in [0.1, 0.15) is 12.0 Å². The Bertz CT molecular complexity index is 371. The maximum atomic E-state index is 6.05. The monoisotopic (exact) mass is 254 g/mol. The molecule has 6 heteroatoms. The second kappa shape index (κ2) is 7.00. The van der Waals surface area contributed by atoms with E-state index in [-0.39, 0.29) is 6.04 Å². The Labute approximate surface area is 108 Å². The molecule has 0 aliphatic carbocycles. The summed E-state index contributed by atoms with van der Waals surface area (Å²) in [5.41, 5.74) is 6.52. The fourth-order valence-electron chi connectivity index (χ4n) is 1.65. The third-order valence-electron chi connectivity index (χ3n) is 2.54. The third kappa shape index (κ3) is 3.46. The molecule has 0 radical (unpaired) electrons. The van der Waals surface area contributed by atoms with Gasteiger partial charge in [0.15, 0.2) is 5.82 Å². The van der Waals surface area contributed by atoms with E-state index >= 15 is 0 Å². The largest absolute Gasteiger partial charge is 0.476 e. The SMILES string of the molecule is CCOc1ncnc(N(CCOC)C(C)C)c1N. The second-order valence-corrected chi connectivity index (χ2v) is 4.13. The lowest BCUT2D eigenvalue weighted by atomic mass is 10.3. The lowest BCUT2D eigenvalue weighted by Gasteiger charge is -2.28. The van der Waals surface area contributed by atoms with Crippen molar-refractivity contribution >= 4 is 11.5 Å². The fraction of sp³-hybridized carbons (Fsp3) is 0.667. The fourth-order valence-corrected chi connectivity index (χ4v) is 1.65. The van der Waals surface area contributed by atoms with Crippen molar-refractivity contribution in [1.82, 2.24) is 9.97 Å². The van der Waals surface area contributed by atoms with Crippen LogP contribution in [-0.4, -0.2) is 42.9 Å². The van der Waals surface area contributed by atoms with Crippen molar-refractivity contribution in [2.45, 2.75) is 26.8 Å². The molecule has 0 saturated carbocycles. The van der Waals surface area contributed by atoms with Crippen LogP contribution >= 0.6 is 0 Å². The normalized spacial score (nSPS) is 10.7. The van der Waals surface area contributed by atoms with Gasteiger partial charge in [0, 0.05) is 19.7 Å². The Hall–Kier alpha value is -1.56. The first-order valence-corrected chi connectivity index (χ1v) is 6.10. The summed E-state index contributed by atoms with van der Waals surface area (Å²) in [7, 11) is 1.67. The first-order chi connectivity index (χ1) is 8.61. The molecule has 0 aliphatic heterocycles. The quantitative estimate of drug-likeness (QED) is 0.791. The molecule has 0 unspecified atom stereocenters. The molecule has 102 valence electrons. The van der Waals surface area contributed by atoms with Gasteiger partial charge in [-0.3, -0.25) is 0 Å². The number of hydrogen-bond donors (Lipinski definition) is 1. The van der Waals surface area contributed by atoms with Crippen LogP contribution in [0.5, 0.6) is 5.88 Å². The van der Waals surface area contributed by atoms with Crippen molar-refractivity contribution in [3.63, 3.8) is 0 Å². The highest BCUT2D eigenvalue weighted by Crippen LogP contribution is 2.28. The van der Waals surface area contributed by atoms with E-state index in [2.05, 4.69) is 28.7 Å². The topological polar surface area (TPSA) is 73.5 Å². The Balaban J connectivity index is 3.00. The maximum Gasteiger partial charge on any atom is 0.242 e. The predicted octanol–water partition coefficient (Wildman–Crippen LogP) is 1.32. The van der Waals surface area contributed by atoms with Gasteiger partial charge >= 0.3 is 0 Å². The highest BCUT2D eigenvalue weighted by atomic mass is 16.5. The van der Waals surface area contributed by atoms with Gasteiger partial charge in [0.25, 0.3) is 0 Å². The molecule has 6 nitrogen and oxygen atoms in total. The van der Waals surface area contributed by atoms with Crippen LogP contribution in [0.1, 0.15) is 20.8 Å². The van der Waals surface area contributed by atoms with Crippen LogP contribution in [-0.2, 0) is 4.74 Å². The Morgan fingerprint density at radius 3 is 2.67 bits per heavy atom. The van der Waals surface area contributed by atoms with E-state index in [0.29, 0.717) is 30.6 Å². The van der Waals surface area contributed by atoms with E-state index in [1.54, 1.807) is 7.11 Å². The minimum atomic E-state index is 0.270. The molecule has 1 aromatic rings. The van der Waals surface area contributed by atoms with Gasteiger partial charge in [-0.15, -0.1) is 0 Å². The highest BCUT2D eigenvalue weighted by Gasteiger charge is 2.18. The number of anilines is 2. The summed E-state index contributed by atoms with van der Waals surface area (Å²) in [5, 5.41) is 0. The standard InChI is InChI=1S/C12H22N4O2/c1-5-18-12-10(13)11(14-8-15-12)16(9(2)3)6-7-17-4/h8-9H,5-7,13H2,1-4H3. The molecule has 0 fully saturated rings. The summed E-state index contributed by atoms with van der Waals surface area (Å²) in [5.74, 6) is 1.13. The third-order valence-corrected chi connectivity index (χ3v) is 2.54. The molecule has 0 spiro atoms. The van der Waals surface area contributed by atoms with Gasteiger partial charge < -0.3 is 20.1 Å². The van der Waals surface area contributed by atoms with Crippen molar-refractivity contribution in [1.29, 1.82) is 0 Å². The molecule has 0 atom stereocenters. The molecule has 1 heterocycles. The van der Waals surface area contributed by atoms with Gasteiger partial charge in [0.05, 0.1) is 13.2 Å². The molecular formula is C12H22N4O2. The van der Waals surface area contributed by atoms with Crippen molar-refractivity contribution in [2.75, 3.05) is 37.5 Å². The summed E-state index contributed by atoms with van der Waals surface area (Å²) >= 11 is 0. The summed E-state index contributed by atoms with van der Waals surface area (Å²) in [4.78, 5) is 10.4. The molecule has 0 amide bonds. The number of methoxy groups -OCH3 is 1. The summed E-state index contributed by atoms with van der Waals surface area (Å²) in [6.07, 6.45) is 1.47. The van der Waals surface area contributed by atoms with Crippen LogP contribution < -0.4 is 15.4 Å². The molecule has 18 heavy (non-hydrogen) atoms. The van der Waals surface area contributed by atoms with Crippen LogP contribution in [0.4, 0.5) is 11.5 Å². The Morgan fingerprint density at radius 2 is 2.11 bits per heavy atom. The lowest BCUT2D eigenvalue weighted by Crippen LogP contribution is -2.35. The van der Waals surface area contributed by atoms with Crippen LogP contribution in [0.2, 0.25) is 0 Å². The minimum Gasteiger partial charge on any atom is -0.476 e. The van der Waals surface area contributed by atoms with Gasteiger partial charge in [-0.2, -0.15) is 4.98 Å². The molecule has 0 saturated heterocycles. The molecule has 0 aromatic carbocycles. The molecule has 0 bridgehead atoms. The predicted molar refractivity (Wildman–Crippen MR) is 72.0 cm³/mol. The van der Waals surface area contributed by atoms with Gasteiger partial charge in [0.2, 0.25) is 5.88 Å². The second-order valence-electron chi connectivity index (χ2n) is 4.13. The Morgan fingerprint density at radius 1 is 1.39 bits per heavy atom. The molecule has 1 rings (SSSR count). The zero-order valence-corrected chi connectivity index (χ0v) is 11.5. The minimum absolute atomic E-state index is 0.270. The van der Waals surface area contributed by atoms with Crippen molar-refractivity contribution in [2.24, 2.45) is 0 Å². The van der Waals surface area contributed by atoms with Crippen molar-refractivity contribution < 1.29 is 9.47 Å². The number of rotatable bonds is 7. The molecule has 1 aromatic heterocycles. The number of nitrogen functional groups attached to an aromatic ring is 1. The van der Waals surface area contributed by atoms with E-state index in [0.717, 1.165) is 6.54 Å². The summed E-state index contributed by atoms with van der Waals surface area (Å²) in [6.45, 7) is 7.93. The smallest absolute Gasteiger partial charge is 0.242 e. The number of ether oxygens (including phenoxy) is 2. The van der Waals surface area contributed by atoms with Gasteiger partial charge in [-0.25, -0.2) is 4.98 Å². The molecular weight excluding hydrogens is 232 g/mol. The molecule has 0 aliphatic rings. The summed E-state index contributed by atoms with van der Waals surface area (Å²) in [6, 6.07) is 0.270. The zero-order valence-electron chi connectivity index (χ0n) is 11.5. The Kier molecular flexibility index (Phi) is 5.64. The average molecular weight is 254 g/mol. The van der Waals surface area contributed by atoms with E-state index in [9.17, 15) is 0 Å². The van der Waals surface area contributed by atoms with Crippen molar-refractivity contribution in [3.05, 3.63) is 6.33 Å². The number of hydrogen-bond acceptors (Lipinski definition) is 6. The first kappa shape index (κ1) is 14.5. The van der Waals surface area contributed by atoms with Crippen LogP contribution in [0.3, 0.4) is 0 Å². The number of nitrogens with zero attached hydrogens (tertiary/aromatic N) is 3. The van der Waals surface area contributed by atoms with Crippen molar-refractivity contribution in [3.8, 4) is 5.88 Å². The number of nitrogens with two attached hydrogens (primary N) is 1. The van der Waals surface area contributed by atoms with E-state index in [1.165, 1.54) is 6.33 Å². The maximum absolute atomic E-state index is 6.05. The van der Waals surface area contributed by atoms with E-state index in [4.69, 9.17) is 15.2 Å². The average Bonchev–Trinajstić information content (AvgIpc) is 2.34. The summed E-state index contributed by atoms with van der Waals surface area (Å²) < 4.78 is 10.5. The van der Waals surface area contributed by atoms with Crippen LogP contribution in [0, 0.1) is 0 Å². The highest BCUT2D eigenvalue weighted by molar-refractivity contribution is 5.68. The first-order valence-electron chi connectivity index (χ1n) is 6.10. The van der Waals surface area contributed by atoms with Gasteiger partial charge in [-0.05, 0) is 20.8 Å². The lowest BCUT2D eigenvalue weighted by molar-refractivity contribution is 0.203. The van der Waals surface area contributed by atoms with E-state index in [1.807, 2.05) is 6.92 Å². The van der Waals surface area contributed by atoms with Crippen LogP contribution in [0.25, 0.3) is 0 Å². The van der Waals surface area contributed by atoms with E-state index < -0.39 is 0 Å².